The number of rotatable bonds is 5. The Bertz CT molecular complexity index is 634. The Balaban J connectivity index is 1.77. The first kappa shape index (κ1) is 13.2. The van der Waals surface area contributed by atoms with Gasteiger partial charge in [-0.1, -0.05) is 15.9 Å². The summed E-state index contributed by atoms with van der Waals surface area (Å²) in [6, 6.07) is 6.29. The van der Waals surface area contributed by atoms with Gasteiger partial charge in [0.15, 0.2) is 5.82 Å². The summed E-state index contributed by atoms with van der Waals surface area (Å²) in [5.41, 5.74) is 1.20. The van der Waals surface area contributed by atoms with Gasteiger partial charge in [-0.05, 0) is 30.4 Å². The van der Waals surface area contributed by atoms with Crippen molar-refractivity contribution in [3.63, 3.8) is 0 Å². The normalized spacial score (nSPS) is 16.1. The number of non-ortho nitro benzene ring substituents is 1. The van der Waals surface area contributed by atoms with E-state index in [1.165, 1.54) is 25.0 Å². The molecular weight excluding hydrogens is 324 g/mol. The third kappa shape index (κ3) is 2.58. The van der Waals surface area contributed by atoms with Crippen LogP contribution in [0.1, 0.15) is 12.8 Å². The zero-order valence-electron chi connectivity index (χ0n) is 10.7. The molecule has 0 N–H and O–H groups in total. The first-order valence-electron chi connectivity index (χ1n) is 6.32. The fourth-order valence-electron chi connectivity index (χ4n) is 2.09. The number of alkyl halides is 1. The van der Waals surface area contributed by atoms with Crippen LogP contribution >= 0.6 is 15.9 Å². The van der Waals surface area contributed by atoms with Crippen LogP contribution in [-0.2, 0) is 6.54 Å². The maximum absolute atomic E-state index is 10.6. The van der Waals surface area contributed by atoms with E-state index in [1.807, 2.05) is 4.68 Å². The lowest BCUT2D eigenvalue weighted by Crippen LogP contribution is -2.13. The molecule has 6 nitrogen and oxygen atoms in total. The third-order valence-corrected chi connectivity index (χ3v) is 4.80. The van der Waals surface area contributed by atoms with Gasteiger partial charge in [-0.2, -0.15) is 5.10 Å². The van der Waals surface area contributed by atoms with E-state index in [9.17, 15) is 10.1 Å². The Morgan fingerprint density at radius 2 is 2.05 bits per heavy atom. The topological polar surface area (TPSA) is 73.8 Å². The molecule has 0 atom stereocenters. The number of hydrogen-bond acceptors (Lipinski definition) is 4. The molecule has 3 rings (SSSR count). The zero-order valence-corrected chi connectivity index (χ0v) is 12.3. The highest BCUT2D eigenvalue weighted by Gasteiger charge is 2.42. The molecule has 1 saturated carbocycles. The minimum Gasteiger partial charge on any atom is -0.258 e. The molecule has 0 unspecified atom stereocenters. The van der Waals surface area contributed by atoms with Crippen molar-refractivity contribution in [3.8, 4) is 11.4 Å². The second kappa shape index (κ2) is 4.97. The lowest BCUT2D eigenvalue weighted by atomic mass is 10.1. The van der Waals surface area contributed by atoms with Crippen LogP contribution < -0.4 is 0 Å². The van der Waals surface area contributed by atoms with E-state index in [2.05, 4.69) is 26.0 Å². The molecule has 20 heavy (non-hydrogen) atoms. The highest BCUT2D eigenvalue weighted by molar-refractivity contribution is 9.09. The molecule has 0 aliphatic heterocycles. The molecule has 7 heteroatoms. The summed E-state index contributed by atoms with van der Waals surface area (Å²) in [4.78, 5) is 14.5. The molecule has 1 aliphatic carbocycles. The molecule has 2 aromatic rings. The number of nitrogens with zero attached hydrogens (tertiary/aromatic N) is 4. The number of hydrogen-bond donors (Lipinski definition) is 0. The molecule has 0 spiro atoms. The number of halogens is 1. The summed E-state index contributed by atoms with van der Waals surface area (Å²) in [7, 11) is 0. The van der Waals surface area contributed by atoms with E-state index in [1.54, 1.807) is 18.5 Å². The van der Waals surface area contributed by atoms with E-state index in [0.717, 1.165) is 17.4 Å². The summed E-state index contributed by atoms with van der Waals surface area (Å²) in [5.74, 6) is 0.602. The van der Waals surface area contributed by atoms with Gasteiger partial charge in [0.1, 0.15) is 6.33 Å². The number of aromatic nitrogens is 3. The van der Waals surface area contributed by atoms with E-state index in [0.29, 0.717) is 11.2 Å². The maximum Gasteiger partial charge on any atom is 0.269 e. The van der Waals surface area contributed by atoms with Crippen LogP contribution in [0.15, 0.2) is 30.6 Å². The molecule has 0 bridgehead atoms. The minimum absolute atomic E-state index is 0.0735. The Hall–Kier alpha value is -1.76. The van der Waals surface area contributed by atoms with E-state index >= 15 is 0 Å². The average molecular weight is 337 g/mol. The van der Waals surface area contributed by atoms with Crippen LogP contribution in [0.5, 0.6) is 0 Å². The SMILES string of the molecule is O=[N+]([O-])c1ccc(-c2ncn(CC3(CBr)CC3)n2)cc1. The monoisotopic (exact) mass is 336 g/mol. The van der Waals surface area contributed by atoms with Crippen LogP contribution in [-0.4, -0.2) is 25.0 Å². The van der Waals surface area contributed by atoms with Crippen LogP contribution in [0.2, 0.25) is 0 Å². The molecule has 1 aromatic carbocycles. The molecule has 0 saturated heterocycles. The highest BCUT2D eigenvalue weighted by atomic mass is 79.9. The van der Waals surface area contributed by atoms with E-state index < -0.39 is 4.92 Å². The van der Waals surface area contributed by atoms with Gasteiger partial charge in [-0.3, -0.25) is 14.8 Å². The summed E-state index contributed by atoms with van der Waals surface area (Å²) in [6.07, 6.45) is 4.15. The second-order valence-electron chi connectivity index (χ2n) is 5.20. The van der Waals surface area contributed by atoms with Gasteiger partial charge < -0.3 is 0 Å². The quantitative estimate of drug-likeness (QED) is 0.477. The van der Waals surface area contributed by atoms with E-state index in [4.69, 9.17) is 0 Å². The summed E-state index contributed by atoms with van der Waals surface area (Å²) in [6.45, 7) is 0.859. The van der Waals surface area contributed by atoms with Crippen molar-refractivity contribution in [3.05, 3.63) is 40.7 Å². The lowest BCUT2D eigenvalue weighted by Gasteiger charge is -2.09. The highest BCUT2D eigenvalue weighted by Crippen LogP contribution is 2.48. The van der Waals surface area contributed by atoms with Crippen molar-refractivity contribution in [2.24, 2.45) is 5.41 Å². The largest absolute Gasteiger partial charge is 0.269 e. The fraction of sp³-hybridized carbons (Fsp3) is 0.385. The first-order chi connectivity index (χ1) is 9.62. The predicted molar refractivity (Wildman–Crippen MR) is 77.6 cm³/mol. The van der Waals surface area contributed by atoms with Crippen molar-refractivity contribution in [1.29, 1.82) is 0 Å². The second-order valence-corrected chi connectivity index (χ2v) is 5.76. The van der Waals surface area contributed by atoms with Gasteiger partial charge in [0.25, 0.3) is 5.69 Å². The lowest BCUT2D eigenvalue weighted by molar-refractivity contribution is -0.384. The molecule has 1 fully saturated rings. The Morgan fingerprint density at radius 1 is 1.35 bits per heavy atom. The Labute approximate surface area is 124 Å². The van der Waals surface area contributed by atoms with Gasteiger partial charge in [0, 0.05) is 29.6 Å². The standard InChI is InChI=1S/C13H13BrN4O2/c14-7-13(5-6-13)8-17-9-15-12(16-17)10-1-3-11(4-2-10)18(19)20/h1-4,9H,5-8H2. The summed E-state index contributed by atoms with van der Waals surface area (Å²) >= 11 is 3.54. The average Bonchev–Trinajstić information content (AvgIpc) is 3.08. The van der Waals surface area contributed by atoms with Crippen LogP contribution in [0.4, 0.5) is 5.69 Å². The van der Waals surface area contributed by atoms with Gasteiger partial charge in [0.05, 0.1) is 4.92 Å². The van der Waals surface area contributed by atoms with Gasteiger partial charge in [-0.15, -0.1) is 0 Å². The number of benzene rings is 1. The minimum atomic E-state index is -0.414. The molecule has 1 aliphatic rings. The van der Waals surface area contributed by atoms with Crippen LogP contribution in [0, 0.1) is 15.5 Å². The number of nitro groups is 1. The zero-order chi connectivity index (χ0) is 14.2. The van der Waals surface area contributed by atoms with Crippen molar-refractivity contribution >= 4 is 21.6 Å². The molecule has 0 radical (unpaired) electrons. The number of nitro benzene ring substituents is 1. The van der Waals surface area contributed by atoms with Crippen molar-refractivity contribution < 1.29 is 4.92 Å². The van der Waals surface area contributed by atoms with Crippen molar-refractivity contribution in [2.45, 2.75) is 19.4 Å². The Kier molecular flexibility index (Phi) is 3.29. The van der Waals surface area contributed by atoms with Crippen molar-refractivity contribution in [1.82, 2.24) is 14.8 Å². The van der Waals surface area contributed by atoms with Gasteiger partial charge in [0.2, 0.25) is 0 Å². The molecule has 1 aromatic heterocycles. The Morgan fingerprint density at radius 3 is 2.60 bits per heavy atom. The van der Waals surface area contributed by atoms with Crippen LogP contribution in [0.25, 0.3) is 11.4 Å². The summed E-state index contributed by atoms with van der Waals surface area (Å²) < 4.78 is 1.85. The third-order valence-electron chi connectivity index (χ3n) is 3.61. The fourth-order valence-corrected chi connectivity index (χ4v) is 2.83. The van der Waals surface area contributed by atoms with E-state index in [-0.39, 0.29) is 5.69 Å². The molecule has 1 heterocycles. The van der Waals surface area contributed by atoms with Gasteiger partial charge in [-0.25, -0.2) is 4.98 Å². The first-order valence-corrected chi connectivity index (χ1v) is 7.44. The smallest absolute Gasteiger partial charge is 0.258 e. The molecular formula is C13H13BrN4O2. The molecule has 0 amide bonds. The summed E-state index contributed by atoms with van der Waals surface area (Å²) in [5, 5.41) is 16.0. The maximum atomic E-state index is 10.6. The van der Waals surface area contributed by atoms with Gasteiger partial charge >= 0.3 is 0 Å². The predicted octanol–water partition coefficient (Wildman–Crippen LogP) is 3.03. The van der Waals surface area contributed by atoms with Crippen molar-refractivity contribution in [2.75, 3.05) is 5.33 Å². The molecule has 104 valence electrons. The van der Waals surface area contributed by atoms with Crippen LogP contribution in [0.3, 0.4) is 0 Å².